The summed E-state index contributed by atoms with van der Waals surface area (Å²) in [7, 11) is 0. The van der Waals surface area contributed by atoms with Crippen LogP contribution in [0, 0.1) is 0 Å². The molecule has 1 aliphatic heterocycles. The maximum absolute atomic E-state index is 2.72. The molecule has 1 unspecified atom stereocenters. The van der Waals surface area contributed by atoms with Gasteiger partial charge < -0.3 is 9.80 Å². The van der Waals surface area contributed by atoms with Crippen LogP contribution in [0.25, 0.3) is 0 Å². The van der Waals surface area contributed by atoms with Gasteiger partial charge in [0, 0.05) is 25.5 Å². The zero-order chi connectivity index (χ0) is 32.3. The van der Waals surface area contributed by atoms with E-state index >= 15 is 0 Å². The maximum atomic E-state index is 2.72. The lowest BCUT2D eigenvalue weighted by Gasteiger charge is -2.33. The number of hydrogen-bond donors (Lipinski definition) is 0. The molecule has 0 amide bonds. The van der Waals surface area contributed by atoms with Gasteiger partial charge >= 0.3 is 0 Å². The minimum absolute atomic E-state index is 0.639. The second-order valence-electron chi connectivity index (χ2n) is 15.0. The second-order valence-corrected chi connectivity index (χ2v) is 15.0. The van der Waals surface area contributed by atoms with Crippen molar-refractivity contribution in [3.05, 3.63) is 12.4 Å². The molecule has 2 nitrogen and oxygen atoms in total. The van der Waals surface area contributed by atoms with Gasteiger partial charge in [0.1, 0.15) is 6.17 Å². The molecule has 0 aromatic carbocycles. The Morgan fingerprint density at radius 3 is 0.778 bits per heavy atom. The lowest BCUT2D eigenvalue weighted by Crippen LogP contribution is -2.39. The van der Waals surface area contributed by atoms with Gasteiger partial charge in [0.25, 0.3) is 0 Å². The molecule has 0 saturated carbocycles. The molecule has 2 heteroatoms. The van der Waals surface area contributed by atoms with Gasteiger partial charge in [0.15, 0.2) is 0 Å². The smallest absolute Gasteiger partial charge is 0.101 e. The molecule has 45 heavy (non-hydrogen) atoms. The third-order valence-corrected chi connectivity index (χ3v) is 10.6. The highest BCUT2D eigenvalue weighted by Crippen LogP contribution is 2.24. The van der Waals surface area contributed by atoms with E-state index in [1.54, 1.807) is 0 Å². The van der Waals surface area contributed by atoms with Crippen molar-refractivity contribution >= 4 is 0 Å². The standard InChI is InChI=1S/C43H86N2/c1-4-7-10-13-16-18-20-21-22-23-24-25-27-29-32-35-38-43-44(39-36-33-30-15-12-9-6-3)41-42-45(43)40-37-34-31-28-26-19-17-14-11-8-5-2/h41-43H,4-40H2,1-3H3. The summed E-state index contributed by atoms with van der Waals surface area (Å²) in [6, 6.07) is 0. The largest absolute Gasteiger partial charge is 0.356 e. The Bertz CT molecular complexity index is 586. The minimum Gasteiger partial charge on any atom is -0.356 e. The molecular weight excluding hydrogens is 544 g/mol. The first-order valence-corrected chi connectivity index (χ1v) is 21.5. The molecular formula is C43H86N2. The van der Waals surface area contributed by atoms with Crippen LogP contribution in [0.4, 0.5) is 0 Å². The Hall–Kier alpha value is -0.660. The van der Waals surface area contributed by atoms with E-state index in [0.29, 0.717) is 6.17 Å². The van der Waals surface area contributed by atoms with Crippen LogP contribution in [0.15, 0.2) is 12.4 Å². The van der Waals surface area contributed by atoms with Crippen molar-refractivity contribution in [1.82, 2.24) is 9.80 Å². The van der Waals surface area contributed by atoms with E-state index < -0.39 is 0 Å². The van der Waals surface area contributed by atoms with Gasteiger partial charge in [-0.1, -0.05) is 220 Å². The first kappa shape index (κ1) is 42.4. The van der Waals surface area contributed by atoms with Crippen molar-refractivity contribution in [1.29, 1.82) is 0 Å². The van der Waals surface area contributed by atoms with Crippen LogP contribution < -0.4 is 0 Å². The summed E-state index contributed by atoms with van der Waals surface area (Å²) in [4.78, 5) is 5.44. The molecule has 0 aromatic heterocycles. The Kier molecular flexibility index (Phi) is 32.6. The highest BCUT2D eigenvalue weighted by Gasteiger charge is 2.24. The van der Waals surface area contributed by atoms with Crippen LogP contribution >= 0.6 is 0 Å². The van der Waals surface area contributed by atoms with Crippen LogP contribution in [-0.2, 0) is 0 Å². The molecule has 0 spiro atoms. The summed E-state index contributed by atoms with van der Waals surface area (Å²) < 4.78 is 0. The van der Waals surface area contributed by atoms with Crippen LogP contribution in [0.3, 0.4) is 0 Å². The number of hydrogen-bond acceptors (Lipinski definition) is 2. The van der Waals surface area contributed by atoms with Crippen molar-refractivity contribution in [2.45, 2.75) is 252 Å². The lowest BCUT2D eigenvalue weighted by molar-refractivity contribution is 0.135. The zero-order valence-corrected chi connectivity index (χ0v) is 31.8. The van der Waals surface area contributed by atoms with Gasteiger partial charge in [0.2, 0.25) is 0 Å². The quantitative estimate of drug-likeness (QED) is 0.0630. The average Bonchev–Trinajstić information content (AvgIpc) is 3.43. The Morgan fingerprint density at radius 1 is 0.289 bits per heavy atom. The van der Waals surface area contributed by atoms with Crippen molar-refractivity contribution in [2.24, 2.45) is 0 Å². The molecule has 0 bridgehead atoms. The molecule has 0 aromatic rings. The fourth-order valence-corrected chi connectivity index (χ4v) is 7.42. The van der Waals surface area contributed by atoms with E-state index in [1.807, 2.05) is 0 Å². The minimum atomic E-state index is 0.639. The molecule has 0 fully saturated rings. The average molecular weight is 631 g/mol. The molecule has 1 rings (SSSR count). The first-order valence-electron chi connectivity index (χ1n) is 21.5. The van der Waals surface area contributed by atoms with Crippen LogP contribution in [0.2, 0.25) is 0 Å². The van der Waals surface area contributed by atoms with E-state index in [2.05, 4.69) is 43.0 Å². The van der Waals surface area contributed by atoms with E-state index in [4.69, 9.17) is 0 Å². The predicted octanol–water partition coefficient (Wildman–Crippen LogP) is 15.1. The molecule has 1 heterocycles. The van der Waals surface area contributed by atoms with Crippen molar-refractivity contribution in [3.8, 4) is 0 Å². The van der Waals surface area contributed by atoms with Gasteiger partial charge in [-0.2, -0.15) is 0 Å². The number of nitrogens with zero attached hydrogens (tertiary/aromatic N) is 2. The monoisotopic (exact) mass is 631 g/mol. The van der Waals surface area contributed by atoms with E-state index in [1.165, 1.54) is 238 Å². The van der Waals surface area contributed by atoms with Crippen molar-refractivity contribution in [3.63, 3.8) is 0 Å². The van der Waals surface area contributed by atoms with Gasteiger partial charge in [-0.05, 0) is 25.7 Å². The van der Waals surface area contributed by atoms with Crippen LogP contribution in [0.1, 0.15) is 245 Å². The fourth-order valence-electron chi connectivity index (χ4n) is 7.42. The van der Waals surface area contributed by atoms with E-state index in [0.717, 1.165) is 0 Å². The van der Waals surface area contributed by atoms with E-state index in [9.17, 15) is 0 Å². The zero-order valence-electron chi connectivity index (χ0n) is 31.8. The summed E-state index contributed by atoms with van der Waals surface area (Å²) >= 11 is 0. The lowest BCUT2D eigenvalue weighted by atomic mass is 10.0. The van der Waals surface area contributed by atoms with Crippen LogP contribution in [0.5, 0.6) is 0 Å². The van der Waals surface area contributed by atoms with Crippen molar-refractivity contribution in [2.75, 3.05) is 13.1 Å². The Morgan fingerprint density at radius 2 is 0.511 bits per heavy atom. The fraction of sp³-hybridized carbons (Fsp3) is 0.953. The molecule has 0 aliphatic carbocycles. The molecule has 0 radical (unpaired) electrons. The molecule has 0 N–H and O–H groups in total. The van der Waals surface area contributed by atoms with Gasteiger partial charge in [-0.25, -0.2) is 0 Å². The normalized spacial score (nSPS) is 14.8. The number of unbranched alkanes of at least 4 members (excludes halogenated alkanes) is 31. The second kappa shape index (κ2) is 34.7. The molecule has 0 saturated heterocycles. The van der Waals surface area contributed by atoms with Crippen LogP contribution in [-0.4, -0.2) is 29.1 Å². The summed E-state index contributed by atoms with van der Waals surface area (Å²) in [5.74, 6) is 0. The SMILES string of the molecule is CCCCCCCCCCCCCCCCCCC1N(CCCCCCCCC)C=CN1CCCCCCCCCCCCC. The summed E-state index contributed by atoms with van der Waals surface area (Å²) in [6.07, 6.45) is 55.9. The van der Waals surface area contributed by atoms with Crippen molar-refractivity contribution < 1.29 is 0 Å². The third-order valence-electron chi connectivity index (χ3n) is 10.6. The maximum Gasteiger partial charge on any atom is 0.101 e. The Labute approximate surface area is 286 Å². The molecule has 1 atom stereocenters. The third kappa shape index (κ3) is 27.0. The van der Waals surface area contributed by atoms with Gasteiger partial charge in [-0.15, -0.1) is 0 Å². The highest BCUT2D eigenvalue weighted by atomic mass is 15.4. The summed E-state index contributed by atoms with van der Waals surface area (Å²) in [6.45, 7) is 9.48. The summed E-state index contributed by atoms with van der Waals surface area (Å²) in [5.41, 5.74) is 0. The molecule has 268 valence electrons. The van der Waals surface area contributed by atoms with Gasteiger partial charge in [-0.3, -0.25) is 0 Å². The number of rotatable bonds is 37. The van der Waals surface area contributed by atoms with E-state index in [-0.39, 0.29) is 0 Å². The molecule has 1 aliphatic rings. The predicted molar refractivity (Wildman–Crippen MR) is 205 cm³/mol. The first-order chi connectivity index (χ1) is 22.3. The van der Waals surface area contributed by atoms with Gasteiger partial charge in [0.05, 0.1) is 0 Å². The highest BCUT2D eigenvalue weighted by molar-refractivity contribution is 4.97. The topological polar surface area (TPSA) is 6.48 Å². The summed E-state index contributed by atoms with van der Waals surface area (Å²) in [5, 5.41) is 0. The Balaban J connectivity index is 2.16.